The Hall–Kier alpha value is -0.570. The largest absolute Gasteiger partial charge is 0.342 e. The lowest BCUT2D eigenvalue weighted by Crippen LogP contribution is -2.56. The Morgan fingerprint density at radius 2 is 2.30 bits per heavy atom. The SMILES string of the molecule is CC1(C)CN(C=O)CCN1. The molecule has 1 heterocycles. The Labute approximate surface area is 61.4 Å². The maximum Gasteiger partial charge on any atom is 0.209 e. The van der Waals surface area contributed by atoms with E-state index in [0.717, 1.165) is 26.0 Å². The molecule has 3 nitrogen and oxygen atoms in total. The van der Waals surface area contributed by atoms with E-state index in [1.165, 1.54) is 0 Å². The van der Waals surface area contributed by atoms with Crippen LogP contribution in [0.1, 0.15) is 13.8 Å². The second-order valence-corrected chi connectivity index (χ2v) is 3.39. The Bertz CT molecular complexity index is 134. The van der Waals surface area contributed by atoms with Gasteiger partial charge in [0.15, 0.2) is 0 Å². The standard InChI is InChI=1S/C7H14N2O/c1-7(2)5-9(6-10)4-3-8-7/h6,8H,3-5H2,1-2H3. The van der Waals surface area contributed by atoms with Crippen molar-refractivity contribution in [2.75, 3.05) is 19.6 Å². The summed E-state index contributed by atoms with van der Waals surface area (Å²) in [6.07, 6.45) is 0.919. The predicted molar refractivity (Wildman–Crippen MR) is 39.7 cm³/mol. The Balaban J connectivity index is 2.47. The van der Waals surface area contributed by atoms with Gasteiger partial charge in [0.2, 0.25) is 6.41 Å². The molecule has 1 aliphatic rings. The number of amides is 1. The molecule has 0 aromatic heterocycles. The molecular weight excluding hydrogens is 128 g/mol. The van der Waals surface area contributed by atoms with Gasteiger partial charge in [-0.05, 0) is 13.8 Å². The number of carbonyl (C=O) groups excluding carboxylic acids is 1. The van der Waals surface area contributed by atoms with E-state index >= 15 is 0 Å². The van der Waals surface area contributed by atoms with Crippen LogP contribution in [0.4, 0.5) is 0 Å². The van der Waals surface area contributed by atoms with Crippen LogP contribution in [0.3, 0.4) is 0 Å². The summed E-state index contributed by atoms with van der Waals surface area (Å²) < 4.78 is 0. The van der Waals surface area contributed by atoms with E-state index in [2.05, 4.69) is 19.2 Å². The molecule has 1 amide bonds. The molecule has 0 aromatic carbocycles. The molecule has 0 saturated carbocycles. The summed E-state index contributed by atoms with van der Waals surface area (Å²) in [7, 11) is 0. The Morgan fingerprint density at radius 1 is 1.60 bits per heavy atom. The molecule has 3 heteroatoms. The second-order valence-electron chi connectivity index (χ2n) is 3.39. The van der Waals surface area contributed by atoms with Gasteiger partial charge in [0.05, 0.1) is 0 Å². The average molecular weight is 142 g/mol. The van der Waals surface area contributed by atoms with Crippen LogP contribution < -0.4 is 5.32 Å². The zero-order valence-corrected chi connectivity index (χ0v) is 6.55. The Kier molecular flexibility index (Phi) is 1.94. The summed E-state index contributed by atoms with van der Waals surface area (Å²) >= 11 is 0. The highest BCUT2D eigenvalue weighted by molar-refractivity contribution is 5.47. The molecule has 0 spiro atoms. The van der Waals surface area contributed by atoms with Gasteiger partial charge in [-0.15, -0.1) is 0 Å². The molecule has 10 heavy (non-hydrogen) atoms. The third-order valence-electron chi connectivity index (χ3n) is 1.75. The minimum Gasteiger partial charge on any atom is -0.342 e. The number of nitrogens with zero attached hydrogens (tertiary/aromatic N) is 1. The van der Waals surface area contributed by atoms with Gasteiger partial charge >= 0.3 is 0 Å². The van der Waals surface area contributed by atoms with Gasteiger partial charge in [-0.25, -0.2) is 0 Å². The molecule has 0 atom stereocenters. The quantitative estimate of drug-likeness (QED) is 0.515. The van der Waals surface area contributed by atoms with Crippen LogP contribution in [0.15, 0.2) is 0 Å². The first-order valence-corrected chi connectivity index (χ1v) is 3.58. The van der Waals surface area contributed by atoms with E-state index in [1.54, 1.807) is 4.90 Å². The molecule has 1 N–H and O–H groups in total. The summed E-state index contributed by atoms with van der Waals surface area (Å²) in [6.45, 7) is 6.76. The third-order valence-corrected chi connectivity index (χ3v) is 1.75. The van der Waals surface area contributed by atoms with Crippen molar-refractivity contribution >= 4 is 6.41 Å². The van der Waals surface area contributed by atoms with E-state index in [4.69, 9.17) is 0 Å². The molecule has 0 bridgehead atoms. The van der Waals surface area contributed by atoms with Gasteiger partial charge in [-0.2, -0.15) is 0 Å². The van der Waals surface area contributed by atoms with Crippen LogP contribution in [0.25, 0.3) is 0 Å². The van der Waals surface area contributed by atoms with Gasteiger partial charge < -0.3 is 10.2 Å². The van der Waals surface area contributed by atoms with Crippen molar-refractivity contribution in [3.8, 4) is 0 Å². The maximum absolute atomic E-state index is 10.3. The fourth-order valence-electron chi connectivity index (χ4n) is 1.27. The monoisotopic (exact) mass is 142 g/mol. The first-order chi connectivity index (χ1) is 4.64. The first kappa shape index (κ1) is 7.54. The first-order valence-electron chi connectivity index (χ1n) is 3.58. The average Bonchev–Trinajstić information content (AvgIpc) is 1.86. The molecule has 1 rings (SSSR count). The minimum absolute atomic E-state index is 0.0964. The molecular formula is C7H14N2O. The molecule has 1 saturated heterocycles. The van der Waals surface area contributed by atoms with Crippen molar-refractivity contribution < 1.29 is 4.79 Å². The number of nitrogens with one attached hydrogen (secondary N) is 1. The summed E-state index contributed by atoms with van der Waals surface area (Å²) in [5, 5.41) is 3.32. The molecule has 1 aliphatic heterocycles. The van der Waals surface area contributed by atoms with Crippen molar-refractivity contribution in [3.63, 3.8) is 0 Å². The molecule has 1 fully saturated rings. The lowest BCUT2D eigenvalue weighted by Gasteiger charge is -2.37. The highest BCUT2D eigenvalue weighted by Crippen LogP contribution is 2.07. The van der Waals surface area contributed by atoms with Gasteiger partial charge in [0, 0.05) is 25.2 Å². The minimum atomic E-state index is 0.0964. The number of hydrogen-bond acceptors (Lipinski definition) is 2. The van der Waals surface area contributed by atoms with Gasteiger partial charge in [0.1, 0.15) is 0 Å². The van der Waals surface area contributed by atoms with E-state index in [9.17, 15) is 4.79 Å². The van der Waals surface area contributed by atoms with Crippen molar-refractivity contribution in [2.24, 2.45) is 0 Å². The van der Waals surface area contributed by atoms with E-state index < -0.39 is 0 Å². The third kappa shape index (κ3) is 1.70. The molecule has 0 radical (unpaired) electrons. The fraction of sp³-hybridized carbons (Fsp3) is 0.857. The lowest BCUT2D eigenvalue weighted by atomic mass is 10.0. The van der Waals surface area contributed by atoms with E-state index in [0.29, 0.717) is 0 Å². The van der Waals surface area contributed by atoms with E-state index in [-0.39, 0.29) is 5.54 Å². The maximum atomic E-state index is 10.3. The predicted octanol–water partition coefficient (Wildman–Crippen LogP) is -0.173. The number of hydrogen-bond donors (Lipinski definition) is 1. The van der Waals surface area contributed by atoms with Gasteiger partial charge in [0.25, 0.3) is 0 Å². The normalized spacial score (nSPS) is 24.4. The number of piperazine rings is 1. The second kappa shape index (κ2) is 2.58. The summed E-state index contributed by atoms with van der Waals surface area (Å²) in [4.78, 5) is 12.1. The zero-order chi connectivity index (χ0) is 7.61. The number of rotatable bonds is 1. The smallest absolute Gasteiger partial charge is 0.209 e. The molecule has 0 aliphatic carbocycles. The van der Waals surface area contributed by atoms with Crippen LogP contribution in [-0.4, -0.2) is 36.5 Å². The lowest BCUT2D eigenvalue weighted by molar-refractivity contribution is -0.119. The van der Waals surface area contributed by atoms with Crippen LogP contribution in [0.5, 0.6) is 0 Å². The fourth-order valence-corrected chi connectivity index (χ4v) is 1.27. The highest BCUT2D eigenvalue weighted by atomic mass is 16.1. The molecule has 0 aromatic rings. The molecule has 58 valence electrons. The molecule has 0 unspecified atom stereocenters. The summed E-state index contributed by atoms with van der Waals surface area (Å²) in [6, 6.07) is 0. The highest BCUT2D eigenvalue weighted by Gasteiger charge is 2.24. The van der Waals surface area contributed by atoms with Crippen molar-refractivity contribution in [1.82, 2.24) is 10.2 Å². The van der Waals surface area contributed by atoms with Crippen LogP contribution in [-0.2, 0) is 4.79 Å². The van der Waals surface area contributed by atoms with Crippen LogP contribution >= 0.6 is 0 Å². The zero-order valence-electron chi connectivity index (χ0n) is 6.55. The van der Waals surface area contributed by atoms with Crippen molar-refractivity contribution in [2.45, 2.75) is 19.4 Å². The number of carbonyl (C=O) groups is 1. The Morgan fingerprint density at radius 3 is 2.70 bits per heavy atom. The topological polar surface area (TPSA) is 32.3 Å². The van der Waals surface area contributed by atoms with Crippen LogP contribution in [0.2, 0.25) is 0 Å². The van der Waals surface area contributed by atoms with Crippen molar-refractivity contribution in [1.29, 1.82) is 0 Å². The van der Waals surface area contributed by atoms with Gasteiger partial charge in [-0.3, -0.25) is 4.79 Å². The van der Waals surface area contributed by atoms with Gasteiger partial charge in [-0.1, -0.05) is 0 Å². The summed E-state index contributed by atoms with van der Waals surface area (Å²) in [5.74, 6) is 0. The summed E-state index contributed by atoms with van der Waals surface area (Å²) in [5.41, 5.74) is 0.0964. The van der Waals surface area contributed by atoms with Crippen molar-refractivity contribution in [3.05, 3.63) is 0 Å². The van der Waals surface area contributed by atoms with Crippen LogP contribution in [0, 0.1) is 0 Å². The van der Waals surface area contributed by atoms with E-state index in [1.807, 2.05) is 0 Å².